The summed E-state index contributed by atoms with van der Waals surface area (Å²) in [5.74, 6) is 0. The Bertz CT molecular complexity index is 9890. The molecule has 0 radical (unpaired) electrons. The van der Waals surface area contributed by atoms with Gasteiger partial charge in [-0.25, -0.2) is 0 Å². The number of benzene rings is 23. The van der Waals surface area contributed by atoms with Gasteiger partial charge >= 0.3 is 0 Å². The Labute approximate surface area is 796 Å². The fourth-order valence-corrected chi connectivity index (χ4v) is 22.2. The Balaban J connectivity index is 0.000000105. The molecule has 0 saturated carbocycles. The van der Waals surface area contributed by atoms with Crippen molar-refractivity contribution in [3.63, 3.8) is 0 Å². The third kappa shape index (κ3) is 13.2. The van der Waals surface area contributed by atoms with E-state index in [-0.39, 0.29) is 0 Å². The summed E-state index contributed by atoms with van der Waals surface area (Å²) in [4.78, 5) is 0. The van der Waals surface area contributed by atoms with E-state index in [1.165, 1.54) is 242 Å². The predicted octanol–water partition coefficient (Wildman–Crippen LogP) is 35.4. The van der Waals surface area contributed by atoms with Crippen molar-refractivity contribution in [3.05, 3.63) is 522 Å². The van der Waals surface area contributed by atoms with Crippen LogP contribution in [0.5, 0.6) is 0 Å². The molecule has 29 aromatic rings. The van der Waals surface area contributed by atoms with Gasteiger partial charge in [-0.15, -0.1) is 0 Å². The molecule has 6 heterocycles. The van der Waals surface area contributed by atoms with Crippen molar-refractivity contribution < 1.29 is 0 Å². The van der Waals surface area contributed by atoms with Gasteiger partial charge in [-0.3, -0.25) is 0 Å². The van der Waals surface area contributed by atoms with E-state index in [4.69, 9.17) is 0 Å². The van der Waals surface area contributed by atoms with Crippen molar-refractivity contribution in [3.8, 4) is 89.8 Å². The fraction of sp³-hybridized carbons (Fsp3) is 0. The summed E-state index contributed by atoms with van der Waals surface area (Å²) < 4.78 is 14.4. The maximum atomic E-state index is 2.43. The summed E-state index contributed by atoms with van der Waals surface area (Å²) >= 11 is 0. The van der Waals surface area contributed by atoms with Gasteiger partial charge in [-0.05, 0) is 236 Å². The maximum absolute atomic E-state index is 2.43. The summed E-state index contributed by atoms with van der Waals surface area (Å²) in [6.45, 7) is 0. The van der Waals surface area contributed by atoms with E-state index in [2.05, 4.69) is 549 Å². The first kappa shape index (κ1) is 79.4. The molecule has 0 atom stereocenters. The monoisotopic (exact) mass is 1750 g/mol. The van der Waals surface area contributed by atoms with Crippen molar-refractivity contribution in [2.24, 2.45) is 0 Å². The highest BCUT2D eigenvalue weighted by molar-refractivity contribution is 6.18. The number of rotatable bonds is 11. The zero-order valence-electron chi connectivity index (χ0n) is 75.3. The Morgan fingerprint density at radius 2 is 0.283 bits per heavy atom. The first-order valence-electron chi connectivity index (χ1n) is 47.5. The molecule has 0 saturated heterocycles. The number of hydrogen-bond donors (Lipinski definition) is 0. The molecule has 0 amide bonds. The Hall–Kier alpha value is -18.4. The normalized spacial score (nSPS) is 11.8. The molecule has 0 aliphatic carbocycles. The van der Waals surface area contributed by atoms with Crippen LogP contribution in [0, 0.1) is 0 Å². The second-order valence-electron chi connectivity index (χ2n) is 36.2. The number of para-hydroxylation sites is 7. The standard InChI is InChI=1S/2C46H30N2.C40H26N2/c1-2-12-31(13-3-1)33-16-10-17-36(28-33)47-43-21-8-6-19-38(43)40-29-34(24-26-45(40)47)35-25-27-46-41(30-35)39-20-7-9-22-44(39)48(46)42-23-11-15-32-14-4-5-18-37(32)42;1-2-11-31(12-3-1)32-21-25-36(26-22-32)47-43-18-8-6-16-38(43)40-29-34(23-27-45(40)47)35-24-28-46-41(30-35)39-17-7-9-19-44(39)48(46)42-20-10-14-33-13-4-5-15-37(33)42;1-2-13-30(14-3-1)41-37-18-8-6-16-32(37)34-25-28(21-23-39(34)41)29-22-24-40-35(26-29)33-17-7-9-19-38(33)42(40)36-20-10-12-27-11-4-5-15-31(27)36/h2*1-30H;1-26H. The van der Waals surface area contributed by atoms with Gasteiger partial charge in [0.1, 0.15) is 0 Å². The highest BCUT2D eigenvalue weighted by Gasteiger charge is 2.24. The van der Waals surface area contributed by atoms with E-state index < -0.39 is 0 Å². The van der Waals surface area contributed by atoms with E-state index in [0.717, 1.165) is 11.4 Å². The van der Waals surface area contributed by atoms with Crippen LogP contribution in [-0.2, 0) is 0 Å². The molecule has 0 spiro atoms. The molecule has 138 heavy (non-hydrogen) atoms. The van der Waals surface area contributed by atoms with Crippen molar-refractivity contribution in [1.82, 2.24) is 27.4 Å². The van der Waals surface area contributed by atoms with Gasteiger partial charge in [0.25, 0.3) is 0 Å². The fourth-order valence-electron chi connectivity index (χ4n) is 22.2. The minimum absolute atomic E-state index is 1.16. The van der Waals surface area contributed by atoms with Gasteiger partial charge in [-0.1, -0.05) is 358 Å². The van der Waals surface area contributed by atoms with Crippen LogP contribution in [0.4, 0.5) is 0 Å². The lowest BCUT2D eigenvalue weighted by molar-refractivity contribution is 1.18. The predicted molar refractivity (Wildman–Crippen MR) is 585 cm³/mol. The lowest BCUT2D eigenvalue weighted by atomic mass is 10.0. The molecular formula is C132H86N6. The molecule has 0 bridgehead atoms. The quantitative estimate of drug-likeness (QED) is 0.124. The Morgan fingerprint density at radius 3 is 0.601 bits per heavy atom. The minimum atomic E-state index is 1.16. The van der Waals surface area contributed by atoms with Crippen LogP contribution in [0.25, 0.3) is 253 Å². The third-order valence-corrected chi connectivity index (χ3v) is 28.5. The van der Waals surface area contributed by atoms with Crippen molar-refractivity contribution in [1.29, 1.82) is 0 Å². The molecule has 6 aromatic heterocycles. The van der Waals surface area contributed by atoms with E-state index >= 15 is 0 Å². The van der Waals surface area contributed by atoms with Crippen LogP contribution in [0.3, 0.4) is 0 Å². The highest BCUT2D eigenvalue weighted by Crippen LogP contribution is 2.46. The smallest absolute Gasteiger partial charge is 0.0541 e. The summed E-state index contributed by atoms with van der Waals surface area (Å²) in [5.41, 5.74) is 33.9. The van der Waals surface area contributed by atoms with Crippen molar-refractivity contribution in [2.45, 2.75) is 0 Å². The first-order chi connectivity index (χ1) is 68.5. The largest absolute Gasteiger partial charge is 0.309 e. The first-order valence-corrected chi connectivity index (χ1v) is 47.5. The molecular weight excluding hydrogens is 1670 g/mol. The molecule has 0 aliphatic heterocycles. The van der Waals surface area contributed by atoms with Gasteiger partial charge in [0.15, 0.2) is 0 Å². The van der Waals surface area contributed by atoms with Crippen LogP contribution in [0.1, 0.15) is 0 Å². The van der Waals surface area contributed by atoms with E-state index in [1.807, 2.05) is 0 Å². The van der Waals surface area contributed by atoms with E-state index in [1.54, 1.807) is 0 Å². The topological polar surface area (TPSA) is 29.6 Å². The van der Waals surface area contributed by atoms with E-state index in [0.29, 0.717) is 0 Å². The lowest BCUT2D eigenvalue weighted by Crippen LogP contribution is -1.95. The molecule has 29 rings (SSSR count). The second kappa shape index (κ2) is 32.8. The lowest BCUT2D eigenvalue weighted by Gasteiger charge is -2.12. The number of fused-ring (bicyclic) bond motifs is 21. The molecule has 0 N–H and O–H groups in total. The van der Waals surface area contributed by atoms with Crippen LogP contribution in [0.2, 0.25) is 0 Å². The van der Waals surface area contributed by atoms with Crippen LogP contribution < -0.4 is 0 Å². The zero-order valence-corrected chi connectivity index (χ0v) is 75.3. The average Bonchev–Trinajstić information content (AvgIpc) is 1.56. The second-order valence-corrected chi connectivity index (χ2v) is 36.2. The van der Waals surface area contributed by atoms with Gasteiger partial charge in [0, 0.05) is 97.9 Å². The van der Waals surface area contributed by atoms with Crippen LogP contribution in [-0.4, -0.2) is 27.4 Å². The molecule has 0 fully saturated rings. The van der Waals surface area contributed by atoms with Crippen molar-refractivity contribution >= 4 is 163 Å². The number of aromatic nitrogens is 6. The maximum Gasteiger partial charge on any atom is 0.0541 e. The third-order valence-electron chi connectivity index (χ3n) is 28.5. The molecule has 6 heteroatoms. The molecule has 23 aromatic carbocycles. The number of hydrogen-bond acceptors (Lipinski definition) is 0. The molecule has 644 valence electrons. The minimum Gasteiger partial charge on any atom is -0.309 e. The zero-order chi connectivity index (χ0) is 90.8. The van der Waals surface area contributed by atoms with Gasteiger partial charge in [0.2, 0.25) is 0 Å². The van der Waals surface area contributed by atoms with Gasteiger partial charge in [0.05, 0.1) is 83.3 Å². The van der Waals surface area contributed by atoms with Gasteiger partial charge < -0.3 is 27.4 Å². The summed E-state index contributed by atoms with van der Waals surface area (Å²) in [6.07, 6.45) is 0. The Morgan fingerprint density at radius 1 is 0.0942 bits per heavy atom. The number of nitrogens with zero attached hydrogens (tertiary/aromatic N) is 6. The van der Waals surface area contributed by atoms with Crippen LogP contribution >= 0.6 is 0 Å². The molecule has 0 aliphatic rings. The van der Waals surface area contributed by atoms with Crippen molar-refractivity contribution in [2.75, 3.05) is 0 Å². The molecule has 6 nitrogen and oxygen atoms in total. The van der Waals surface area contributed by atoms with Crippen LogP contribution in [0.15, 0.2) is 522 Å². The average molecular weight is 1760 g/mol. The summed E-state index contributed by atoms with van der Waals surface area (Å²) in [5, 5.41) is 22.7. The van der Waals surface area contributed by atoms with Gasteiger partial charge in [-0.2, -0.15) is 0 Å². The molecule has 0 unspecified atom stereocenters. The summed E-state index contributed by atoms with van der Waals surface area (Å²) in [6, 6.07) is 190. The highest BCUT2D eigenvalue weighted by atomic mass is 15.0. The SMILES string of the molecule is c1ccc(-c2ccc(-n3c4ccccc4c4cc(-c5ccc6c(c5)c5ccccc5n6-c5cccc6ccccc56)ccc43)cc2)cc1.c1ccc(-c2cccc(-n3c4ccccc4c4cc(-c5ccc6c(c5)c5ccccc5n6-c5cccc6ccccc56)ccc43)c2)cc1.c1ccc(-n2c3ccccc3c3cc(-c4ccc5c(c4)c4ccccc4n5-c4cccc5ccccc45)ccc32)cc1. The Kier molecular flexibility index (Phi) is 18.9. The van der Waals surface area contributed by atoms with E-state index in [9.17, 15) is 0 Å². The summed E-state index contributed by atoms with van der Waals surface area (Å²) in [7, 11) is 0.